The van der Waals surface area contributed by atoms with Crippen molar-refractivity contribution in [3.63, 3.8) is 0 Å². The van der Waals surface area contributed by atoms with E-state index in [0.29, 0.717) is 6.61 Å². The van der Waals surface area contributed by atoms with E-state index in [1.807, 2.05) is 6.92 Å². The minimum Gasteiger partial charge on any atom is -0.493 e. The predicted octanol–water partition coefficient (Wildman–Crippen LogP) is 4.08. The fraction of sp³-hybridized carbons (Fsp3) is 0.105. The van der Waals surface area contributed by atoms with Crippen LogP contribution in [0.2, 0.25) is 0 Å². The fourth-order valence-corrected chi connectivity index (χ4v) is 2.99. The van der Waals surface area contributed by atoms with Gasteiger partial charge in [-0.05, 0) is 40.6 Å². The van der Waals surface area contributed by atoms with Gasteiger partial charge in [0.2, 0.25) is 6.41 Å². The van der Waals surface area contributed by atoms with Crippen molar-refractivity contribution in [2.75, 3.05) is 6.61 Å². The highest BCUT2D eigenvalue weighted by Gasteiger charge is 2.10. The Kier molecular flexibility index (Phi) is 3.79. The van der Waals surface area contributed by atoms with Crippen molar-refractivity contribution < 1.29 is 9.53 Å². The molecule has 0 atom stereocenters. The average molecular weight is 291 g/mol. The van der Waals surface area contributed by atoms with Crippen molar-refractivity contribution in [2.45, 2.75) is 6.92 Å². The third-order valence-electron chi connectivity index (χ3n) is 3.79. The predicted molar refractivity (Wildman–Crippen MR) is 91.6 cm³/mol. The second-order valence-corrected chi connectivity index (χ2v) is 4.99. The van der Waals surface area contributed by atoms with Gasteiger partial charge in [0.05, 0.1) is 6.61 Å². The van der Waals surface area contributed by atoms with Crippen LogP contribution in [-0.4, -0.2) is 13.0 Å². The molecule has 0 fully saturated rings. The van der Waals surface area contributed by atoms with Crippen LogP contribution in [0.4, 0.5) is 0 Å². The van der Waals surface area contributed by atoms with Crippen molar-refractivity contribution in [3.05, 3.63) is 54.6 Å². The molecule has 2 N–H and O–H groups in total. The summed E-state index contributed by atoms with van der Waals surface area (Å²) in [7, 11) is 0. The molecule has 22 heavy (non-hydrogen) atoms. The van der Waals surface area contributed by atoms with E-state index in [0.717, 1.165) is 5.75 Å². The molecule has 4 aromatic carbocycles. The molecule has 0 aromatic heterocycles. The summed E-state index contributed by atoms with van der Waals surface area (Å²) in [4.78, 5) is 8.58. The van der Waals surface area contributed by atoms with Crippen LogP contribution in [0, 0.1) is 0 Å². The molecule has 0 bridgehead atoms. The summed E-state index contributed by atoms with van der Waals surface area (Å²) in [6.45, 7) is 2.72. The van der Waals surface area contributed by atoms with Crippen LogP contribution in [-0.2, 0) is 4.79 Å². The van der Waals surface area contributed by atoms with Crippen LogP contribution >= 0.6 is 0 Å². The van der Waals surface area contributed by atoms with Crippen LogP contribution in [0.15, 0.2) is 54.6 Å². The quantitative estimate of drug-likeness (QED) is 0.447. The average Bonchev–Trinajstić information content (AvgIpc) is 2.55. The zero-order chi connectivity index (χ0) is 15.5. The minimum absolute atomic E-state index is 0.250. The molecular formula is C19H17NO2. The molecule has 0 saturated carbocycles. The van der Waals surface area contributed by atoms with Gasteiger partial charge in [0, 0.05) is 10.8 Å². The summed E-state index contributed by atoms with van der Waals surface area (Å²) < 4.78 is 5.76. The van der Waals surface area contributed by atoms with E-state index in [4.69, 9.17) is 9.53 Å². The number of rotatable bonds is 2. The molecule has 1 amide bonds. The van der Waals surface area contributed by atoms with Gasteiger partial charge >= 0.3 is 0 Å². The van der Waals surface area contributed by atoms with E-state index in [1.165, 1.54) is 32.3 Å². The van der Waals surface area contributed by atoms with E-state index in [2.05, 4.69) is 60.3 Å². The second-order valence-electron chi connectivity index (χ2n) is 4.99. The van der Waals surface area contributed by atoms with Crippen molar-refractivity contribution in [1.29, 1.82) is 0 Å². The maximum absolute atomic E-state index is 8.58. The zero-order valence-electron chi connectivity index (χ0n) is 12.4. The Hall–Kier alpha value is -2.81. The van der Waals surface area contributed by atoms with Crippen LogP contribution in [0.5, 0.6) is 5.75 Å². The summed E-state index contributed by atoms with van der Waals surface area (Å²) in [5.74, 6) is 0.980. The zero-order valence-corrected chi connectivity index (χ0v) is 12.4. The smallest absolute Gasteiger partial charge is 0.204 e. The largest absolute Gasteiger partial charge is 0.493 e. The van der Waals surface area contributed by atoms with E-state index >= 15 is 0 Å². The van der Waals surface area contributed by atoms with Crippen LogP contribution in [0.1, 0.15) is 6.92 Å². The first kappa shape index (κ1) is 14.1. The van der Waals surface area contributed by atoms with Gasteiger partial charge in [-0.25, -0.2) is 0 Å². The molecule has 110 valence electrons. The number of amides is 1. The Labute approximate surface area is 128 Å². The van der Waals surface area contributed by atoms with Gasteiger partial charge in [0.15, 0.2) is 0 Å². The Morgan fingerprint density at radius 3 is 2.09 bits per heavy atom. The molecule has 0 aliphatic carbocycles. The number of carbonyl (C=O) groups is 1. The molecule has 3 nitrogen and oxygen atoms in total. The van der Waals surface area contributed by atoms with E-state index in [1.54, 1.807) is 0 Å². The number of hydrogen-bond acceptors (Lipinski definition) is 2. The first-order valence-electron chi connectivity index (χ1n) is 7.25. The minimum atomic E-state index is 0.250. The van der Waals surface area contributed by atoms with Gasteiger partial charge in [-0.1, -0.05) is 42.5 Å². The lowest BCUT2D eigenvalue weighted by Gasteiger charge is -2.13. The van der Waals surface area contributed by atoms with Crippen molar-refractivity contribution >= 4 is 38.7 Å². The lowest BCUT2D eigenvalue weighted by Crippen LogP contribution is -1.93. The molecule has 0 saturated heterocycles. The summed E-state index contributed by atoms with van der Waals surface area (Å²) >= 11 is 0. The Morgan fingerprint density at radius 1 is 0.909 bits per heavy atom. The third-order valence-corrected chi connectivity index (χ3v) is 3.79. The summed E-state index contributed by atoms with van der Waals surface area (Å²) in [6.07, 6.45) is 0.250. The van der Waals surface area contributed by atoms with E-state index in [9.17, 15) is 0 Å². The normalized spacial score (nSPS) is 10.6. The topological polar surface area (TPSA) is 52.3 Å². The maximum atomic E-state index is 8.58. The number of hydrogen-bond donors (Lipinski definition) is 1. The van der Waals surface area contributed by atoms with Crippen molar-refractivity contribution in [1.82, 2.24) is 0 Å². The molecule has 0 radical (unpaired) electrons. The standard InChI is InChI=1S/C18H14O.CH3NO/c1-2-19-16-11-9-14-7-6-12-4-3-5-13-8-10-15(16)18(14)17(12)13;2-1-3/h3-11H,2H2,1H3;1H,(H2,2,3). The van der Waals surface area contributed by atoms with Crippen LogP contribution in [0.25, 0.3) is 32.3 Å². The molecule has 0 heterocycles. The number of ether oxygens (including phenoxy) is 1. The van der Waals surface area contributed by atoms with Crippen molar-refractivity contribution in [2.24, 2.45) is 5.73 Å². The molecule has 4 rings (SSSR count). The molecule has 0 aliphatic rings. The number of primary amides is 1. The van der Waals surface area contributed by atoms with Crippen LogP contribution in [0.3, 0.4) is 0 Å². The lowest BCUT2D eigenvalue weighted by atomic mass is 9.94. The van der Waals surface area contributed by atoms with Crippen LogP contribution < -0.4 is 10.5 Å². The van der Waals surface area contributed by atoms with Gasteiger partial charge in [0.1, 0.15) is 5.75 Å². The maximum Gasteiger partial charge on any atom is 0.204 e. The first-order valence-corrected chi connectivity index (χ1v) is 7.25. The highest BCUT2D eigenvalue weighted by Crippen LogP contribution is 2.38. The molecule has 4 aromatic rings. The number of nitrogens with two attached hydrogens (primary N) is 1. The molecular weight excluding hydrogens is 274 g/mol. The molecule has 3 heteroatoms. The van der Waals surface area contributed by atoms with Gasteiger partial charge < -0.3 is 10.5 Å². The fourth-order valence-electron chi connectivity index (χ4n) is 2.99. The highest BCUT2D eigenvalue weighted by atomic mass is 16.5. The monoisotopic (exact) mass is 291 g/mol. The van der Waals surface area contributed by atoms with Gasteiger partial charge in [-0.15, -0.1) is 0 Å². The Bertz CT molecular complexity index is 915. The van der Waals surface area contributed by atoms with Gasteiger partial charge in [0.25, 0.3) is 0 Å². The van der Waals surface area contributed by atoms with Crippen molar-refractivity contribution in [3.8, 4) is 5.75 Å². The van der Waals surface area contributed by atoms with Gasteiger partial charge in [-0.3, -0.25) is 4.79 Å². The molecule has 0 aliphatic heterocycles. The lowest BCUT2D eigenvalue weighted by molar-refractivity contribution is -0.106. The SMILES string of the molecule is CCOc1ccc2ccc3cccc4ccc1c2c34.NC=O. The second kappa shape index (κ2) is 5.90. The Morgan fingerprint density at radius 2 is 1.45 bits per heavy atom. The number of benzene rings is 4. The summed E-state index contributed by atoms with van der Waals surface area (Å²) in [6, 6.07) is 19.4. The summed E-state index contributed by atoms with van der Waals surface area (Å²) in [5, 5.41) is 7.75. The Balaban J connectivity index is 0.000000446. The number of carbonyl (C=O) groups excluding carboxylic acids is 1. The summed E-state index contributed by atoms with van der Waals surface area (Å²) in [5.41, 5.74) is 4.17. The van der Waals surface area contributed by atoms with E-state index < -0.39 is 0 Å². The molecule has 0 spiro atoms. The third kappa shape index (κ3) is 2.21. The first-order chi connectivity index (χ1) is 10.8. The van der Waals surface area contributed by atoms with E-state index in [-0.39, 0.29) is 6.41 Å². The van der Waals surface area contributed by atoms with Gasteiger partial charge in [-0.2, -0.15) is 0 Å². The highest BCUT2D eigenvalue weighted by molar-refractivity contribution is 6.24. The molecule has 0 unspecified atom stereocenters.